The van der Waals surface area contributed by atoms with E-state index in [1.807, 2.05) is 55.5 Å². The van der Waals surface area contributed by atoms with Gasteiger partial charge in [0.15, 0.2) is 23.7 Å². The topological polar surface area (TPSA) is 48.4 Å². The van der Waals surface area contributed by atoms with Gasteiger partial charge in [0.2, 0.25) is 0 Å². The zero-order valence-electron chi connectivity index (χ0n) is 19.1. The molecule has 1 aromatic heterocycles. The molecule has 1 aliphatic rings. The molecule has 7 heteroatoms. The van der Waals surface area contributed by atoms with E-state index in [-0.39, 0.29) is 11.9 Å². The van der Waals surface area contributed by atoms with Crippen molar-refractivity contribution >= 4 is 17.3 Å². The molecule has 35 heavy (non-hydrogen) atoms. The number of benzene rings is 3. The number of ketones is 1. The summed E-state index contributed by atoms with van der Waals surface area (Å²) in [5.74, 6) is -1.80. The molecule has 1 unspecified atom stereocenters. The molecule has 0 aliphatic carbocycles. The van der Waals surface area contributed by atoms with Gasteiger partial charge >= 0.3 is 0 Å². The summed E-state index contributed by atoms with van der Waals surface area (Å²) in [5.41, 5.74) is 3.50. The van der Waals surface area contributed by atoms with Gasteiger partial charge in [0.1, 0.15) is 5.75 Å². The van der Waals surface area contributed by atoms with Crippen LogP contribution >= 0.6 is 11.5 Å². The fourth-order valence-corrected chi connectivity index (χ4v) is 5.04. The molecule has 0 saturated carbocycles. The first kappa shape index (κ1) is 23.3. The molecule has 5 rings (SSSR count). The van der Waals surface area contributed by atoms with Gasteiger partial charge in [-0.1, -0.05) is 24.3 Å². The Bertz CT molecular complexity index is 1360. The highest BCUT2D eigenvalue weighted by molar-refractivity contribution is 7.10. The van der Waals surface area contributed by atoms with Gasteiger partial charge in [-0.2, -0.15) is 4.37 Å². The van der Waals surface area contributed by atoms with Crippen molar-refractivity contribution in [2.75, 3.05) is 6.61 Å². The summed E-state index contributed by atoms with van der Waals surface area (Å²) in [6.07, 6.45) is 2.71. The maximum atomic E-state index is 14.0. The van der Waals surface area contributed by atoms with E-state index in [4.69, 9.17) is 9.47 Å². The third kappa shape index (κ3) is 4.88. The molecule has 2 heterocycles. The maximum absolute atomic E-state index is 14.0. The Morgan fingerprint density at radius 1 is 1.03 bits per heavy atom. The summed E-state index contributed by atoms with van der Waals surface area (Å²) >= 11 is 1.20. The highest BCUT2D eigenvalue weighted by atomic mass is 32.1. The summed E-state index contributed by atoms with van der Waals surface area (Å²) in [6.45, 7) is 2.64. The number of aryl methyl sites for hydroxylation is 1. The second-order valence-electron chi connectivity index (χ2n) is 8.45. The van der Waals surface area contributed by atoms with Crippen LogP contribution in [-0.2, 0) is 4.74 Å². The van der Waals surface area contributed by atoms with E-state index >= 15 is 0 Å². The minimum absolute atomic E-state index is 0.0644. The van der Waals surface area contributed by atoms with Crippen LogP contribution in [0.2, 0.25) is 0 Å². The Morgan fingerprint density at radius 2 is 1.83 bits per heavy atom. The number of aromatic nitrogens is 1. The Hall–Kier alpha value is -3.42. The van der Waals surface area contributed by atoms with Crippen LogP contribution in [0.1, 0.15) is 40.7 Å². The highest BCUT2D eigenvalue weighted by Gasteiger charge is 2.26. The third-order valence-electron chi connectivity index (χ3n) is 6.02. The van der Waals surface area contributed by atoms with E-state index in [0.29, 0.717) is 28.5 Å². The fourth-order valence-electron chi connectivity index (χ4n) is 4.14. The number of hydrogen-bond donors (Lipinski definition) is 0. The average molecular weight is 492 g/mol. The third-order valence-corrected chi connectivity index (χ3v) is 6.92. The predicted molar refractivity (Wildman–Crippen MR) is 132 cm³/mol. The molecule has 1 saturated heterocycles. The van der Waals surface area contributed by atoms with Crippen LogP contribution in [-0.4, -0.2) is 23.1 Å². The minimum atomic E-state index is -1.07. The second-order valence-corrected chi connectivity index (χ2v) is 9.22. The SMILES string of the molecule is Cc1ccccc1-c1nsc(-c2ccc(OC3CCCCO3)cc2)c1C(=O)c1ccc(F)c(F)c1. The summed E-state index contributed by atoms with van der Waals surface area (Å²) < 4.78 is 43.7. The smallest absolute Gasteiger partial charge is 0.199 e. The van der Waals surface area contributed by atoms with Crippen molar-refractivity contribution in [3.8, 4) is 27.4 Å². The number of carbonyl (C=O) groups excluding carboxylic acids is 1. The average Bonchev–Trinajstić information content (AvgIpc) is 3.31. The standard InChI is InChI=1S/C28H23F2NO3S/c1-17-6-2-3-7-21(17)26-25(27(32)19-11-14-22(29)23(30)16-19)28(35-31-26)18-9-12-20(13-10-18)34-24-8-4-5-15-33-24/h2-3,6-7,9-14,16,24H,4-5,8,15H2,1H3. The molecule has 3 aromatic carbocycles. The normalized spacial score (nSPS) is 15.7. The molecule has 1 fully saturated rings. The number of halogens is 2. The van der Waals surface area contributed by atoms with E-state index in [2.05, 4.69) is 4.37 Å². The lowest BCUT2D eigenvalue weighted by Gasteiger charge is -2.23. The van der Waals surface area contributed by atoms with E-state index in [1.165, 1.54) is 17.6 Å². The van der Waals surface area contributed by atoms with E-state index in [1.54, 1.807) is 0 Å². The molecular formula is C28H23F2NO3S. The quantitative estimate of drug-likeness (QED) is 0.268. The van der Waals surface area contributed by atoms with Crippen molar-refractivity contribution in [3.63, 3.8) is 0 Å². The first-order chi connectivity index (χ1) is 17.0. The van der Waals surface area contributed by atoms with Crippen molar-refractivity contribution in [1.29, 1.82) is 0 Å². The predicted octanol–water partition coefficient (Wildman–Crippen LogP) is 7.20. The highest BCUT2D eigenvalue weighted by Crippen LogP contribution is 2.39. The number of hydrogen-bond acceptors (Lipinski definition) is 5. The van der Waals surface area contributed by atoms with Crippen LogP contribution in [0.25, 0.3) is 21.7 Å². The Morgan fingerprint density at radius 3 is 2.54 bits per heavy atom. The van der Waals surface area contributed by atoms with Crippen molar-refractivity contribution in [2.45, 2.75) is 32.5 Å². The first-order valence-electron chi connectivity index (χ1n) is 11.5. The molecule has 178 valence electrons. The van der Waals surface area contributed by atoms with Gasteiger partial charge in [-0.05, 0) is 84.9 Å². The molecule has 0 amide bonds. The molecule has 0 N–H and O–H groups in total. The lowest BCUT2D eigenvalue weighted by molar-refractivity contribution is -0.105. The molecule has 0 radical (unpaired) electrons. The van der Waals surface area contributed by atoms with E-state index in [9.17, 15) is 13.6 Å². The van der Waals surface area contributed by atoms with Crippen LogP contribution in [0.5, 0.6) is 5.75 Å². The fraction of sp³-hybridized carbons (Fsp3) is 0.214. The Kier molecular flexibility index (Phi) is 6.70. The van der Waals surface area contributed by atoms with Crippen LogP contribution in [0.4, 0.5) is 8.78 Å². The van der Waals surface area contributed by atoms with Gasteiger partial charge in [0.05, 0.1) is 22.7 Å². The molecule has 1 aliphatic heterocycles. The van der Waals surface area contributed by atoms with Crippen LogP contribution < -0.4 is 4.74 Å². The van der Waals surface area contributed by atoms with Gasteiger partial charge in [0, 0.05) is 17.5 Å². The molecule has 0 spiro atoms. The largest absolute Gasteiger partial charge is 0.465 e. The van der Waals surface area contributed by atoms with E-state index in [0.717, 1.165) is 48.1 Å². The van der Waals surface area contributed by atoms with Crippen molar-refractivity contribution in [2.24, 2.45) is 0 Å². The van der Waals surface area contributed by atoms with Crippen LogP contribution in [0, 0.1) is 18.6 Å². The van der Waals surface area contributed by atoms with Crippen molar-refractivity contribution in [1.82, 2.24) is 4.37 Å². The lowest BCUT2D eigenvalue weighted by atomic mass is 9.94. The molecule has 0 bridgehead atoms. The van der Waals surface area contributed by atoms with Gasteiger partial charge in [0.25, 0.3) is 0 Å². The van der Waals surface area contributed by atoms with Gasteiger partial charge in [-0.3, -0.25) is 4.79 Å². The van der Waals surface area contributed by atoms with Gasteiger partial charge in [-0.25, -0.2) is 8.78 Å². The van der Waals surface area contributed by atoms with Crippen molar-refractivity contribution < 1.29 is 23.0 Å². The monoisotopic (exact) mass is 491 g/mol. The molecule has 4 aromatic rings. The number of ether oxygens (including phenoxy) is 2. The van der Waals surface area contributed by atoms with Crippen molar-refractivity contribution in [3.05, 3.63) is 95.1 Å². The summed E-state index contributed by atoms with van der Waals surface area (Å²) in [5, 5.41) is 0. The maximum Gasteiger partial charge on any atom is 0.199 e. The Labute approximate surface area is 206 Å². The zero-order chi connectivity index (χ0) is 24.4. The minimum Gasteiger partial charge on any atom is -0.465 e. The first-order valence-corrected chi connectivity index (χ1v) is 12.2. The lowest BCUT2D eigenvalue weighted by Crippen LogP contribution is -2.24. The summed E-state index contributed by atoms with van der Waals surface area (Å²) in [6, 6.07) is 18.3. The van der Waals surface area contributed by atoms with Crippen LogP contribution in [0.3, 0.4) is 0 Å². The number of nitrogens with zero attached hydrogens (tertiary/aromatic N) is 1. The Balaban J connectivity index is 1.55. The van der Waals surface area contributed by atoms with E-state index < -0.39 is 17.4 Å². The zero-order valence-corrected chi connectivity index (χ0v) is 19.9. The van der Waals surface area contributed by atoms with Gasteiger partial charge < -0.3 is 9.47 Å². The molecular weight excluding hydrogens is 468 g/mol. The summed E-state index contributed by atoms with van der Waals surface area (Å²) in [4.78, 5) is 14.3. The summed E-state index contributed by atoms with van der Waals surface area (Å²) in [7, 11) is 0. The van der Waals surface area contributed by atoms with Crippen LogP contribution in [0.15, 0.2) is 66.7 Å². The molecule has 1 atom stereocenters. The second kappa shape index (κ2) is 10.1. The number of carbonyl (C=O) groups is 1. The number of rotatable bonds is 6. The molecule has 4 nitrogen and oxygen atoms in total. The van der Waals surface area contributed by atoms with Gasteiger partial charge in [-0.15, -0.1) is 0 Å².